The van der Waals surface area contributed by atoms with E-state index >= 15 is 0 Å². The second-order valence-electron chi connectivity index (χ2n) is 7.99. The molecule has 3 aromatic rings. The smallest absolute Gasteiger partial charge is 0.248 e. The van der Waals surface area contributed by atoms with Crippen LogP contribution in [0.1, 0.15) is 29.9 Å². The van der Waals surface area contributed by atoms with E-state index in [2.05, 4.69) is 10.5 Å². The molecule has 1 amide bonds. The van der Waals surface area contributed by atoms with Gasteiger partial charge in [0.2, 0.25) is 15.9 Å². The molecule has 1 aromatic heterocycles. The largest absolute Gasteiger partial charge is 0.355 e. The van der Waals surface area contributed by atoms with Gasteiger partial charge in [-0.15, -0.1) is 0 Å². The van der Waals surface area contributed by atoms with Crippen LogP contribution in [-0.2, 0) is 14.8 Å². The van der Waals surface area contributed by atoms with Crippen LogP contribution in [-0.4, -0.2) is 36.9 Å². The van der Waals surface area contributed by atoms with Gasteiger partial charge in [0.05, 0.1) is 11.6 Å². The van der Waals surface area contributed by atoms with E-state index in [1.54, 1.807) is 24.3 Å². The van der Waals surface area contributed by atoms with Crippen LogP contribution < -0.4 is 5.32 Å². The van der Waals surface area contributed by atoms with Gasteiger partial charge in [-0.05, 0) is 50.1 Å². The topological polar surface area (TPSA) is 92.5 Å². The van der Waals surface area contributed by atoms with Crippen molar-refractivity contribution in [2.24, 2.45) is 5.92 Å². The molecule has 0 unspecified atom stereocenters. The summed E-state index contributed by atoms with van der Waals surface area (Å²) in [4.78, 5) is 12.6. The van der Waals surface area contributed by atoms with E-state index in [1.165, 1.54) is 47.6 Å². The third-order valence-electron chi connectivity index (χ3n) is 5.64. The van der Waals surface area contributed by atoms with E-state index < -0.39 is 33.5 Å². The third-order valence-corrected chi connectivity index (χ3v) is 7.66. The summed E-state index contributed by atoms with van der Waals surface area (Å²) >= 11 is 0. The number of carbonyl (C=O) groups excluding carboxylic acids is 1. The molecule has 0 aliphatic carbocycles. The Bertz CT molecular complexity index is 1340. The number of aryl methyl sites for hydroxylation is 1. The number of hydrogen-bond donors (Lipinski definition) is 1. The van der Waals surface area contributed by atoms with Crippen molar-refractivity contribution < 1.29 is 26.5 Å². The summed E-state index contributed by atoms with van der Waals surface area (Å²) in [6, 6.07) is 11.8. The molecular formula is C24H23F2N3O4S. The number of aromatic nitrogens is 1. The Balaban J connectivity index is 1.55. The molecule has 1 aliphatic heterocycles. The van der Waals surface area contributed by atoms with Crippen molar-refractivity contribution in [3.63, 3.8) is 0 Å². The van der Waals surface area contributed by atoms with Crippen LogP contribution in [0.5, 0.6) is 0 Å². The summed E-state index contributed by atoms with van der Waals surface area (Å²) < 4.78 is 61.2. The predicted molar refractivity (Wildman–Crippen MR) is 123 cm³/mol. The van der Waals surface area contributed by atoms with Gasteiger partial charge in [-0.25, -0.2) is 17.2 Å². The molecular weight excluding hydrogens is 464 g/mol. The summed E-state index contributed by atoms with van der Waals surface area (Å²) in [5.74, 6) is -2.16. The molecule has 1 N–H and O–H groups in total. The van der Waals surface area contributed by atoms with Crippen molar-refractivity contribution in [1.29, 1.82) is 0 Å². The first kappa shape index (κ1) is 23.8. The lowest BCUT2D eigenvalue weighted by atomic mass is 9.98. The number of anilines is 1. The molecule has 2 aromatic carbocycles. The van der Waals surface area contributed by atoms with Gasteiger partial charge in [0.15, 0.2) is 10.7 Å². The van der Waals surface area contributed by atoms with Gasteiger partial charge in [-0.1, -0.05) is 35.5 Å². The Labute approximate surface area is 196 Å². The van der Waals surface area contributed by atoms with Gasteiger partial charge >= 0.3 is 0 Å². The van der Waals surface area contributed by atoms with Crippen LogP contribution in [0.3, 0.4) is 0 Å². The molecule has 0 saturated carbocycles. The monoisotopic (exact) mass is 487 g/mol. The molecule has 0 bridgehead atoms. The van der Waals surface area contributed by atoms with Gasteiger partial charge in [0.25, 0.3) is 0 Å². The normalized spacial score (nSPS) is 17.2. The number of carbonyl (C=O) groups is 1. The molecule has 178 valence electrons. The van der Waals surface area contributed by atoms with E-state index in [0.717, 1.165) is 0 Å². The van der Waals surface area contributed by atoms with Crippen LogP contribution in [0.15, 0.2) is 57.9 Å². The van der Waals surface area contributed by atoms with Crippen molar-refractivity contribution in [3.05, 3.63) is 77.2 Å². The Hall–Kier alpha value is -3.37. The molecule has 0 radical (unpaired) electrons. The van der Waals surface area contributed by atoms with E-state index in [9.17, 15) is 22.0 Å². The zero-order valence-corrected chi connectivity index (χ0v) is 19.2. The number of hydrogen-bond acceptors (Lipinski definition) is 5. The Morgan fingerprint density at radius 3 is 2.56 bits per heavy atom. The third kappa shape index (κ3) is 4.92. The van der Waals surface area contributed by atoms with Crippen molar-refractivity contribution in [2.45, 2.75) is 24.7 Å². The summed E-state index contributed by atoms with van der Waals surface area (Å²) in [5, 5.41) is 6.33. The molecule has 1 fully saturated rings. The highest BCUT2D eigenvalue weighted by molar-refractivity contribution is 7.89. The first-order valence-electron chi connectivity index (χ1n) is 10.7. The minimum atomic E-state index is -4.06. The van der Waals surface area contributed by atoms with E-state index in [-0.39, 0.29) is 40.7 Å². The number of amides is 1. The average Bonchev–Trinajstić information content (AvgIpc) is 3.21. The van der Waals surface area contributed by atoms with E-state index in [1.807, 2.05) is 0 Å². The van der Waals surface area contributed by atoms with Gasteiger partial charge in [0, 0.05) is 18.7 Å². The molecule has 34 heavy (non-hydrogen) atoms. The van der Waals surface area contributed by atoms with Crippen molar-refractivity contribution in [3.8, 4) is 0 Å². The maximum absolute atomic E-state index is 13.9. The fourth-order valence-corrected chi connectivity index (χ4v) is 5.65. The first-order valence-corrected chi connectivity index (χ1v) is 12.2. The van der Waals surface area contributed by atoms with Crippen LogP contribution in [0.4, 0.5) is 14.5 Å². The lowest BCUT2D eigenvalue weighted by Gasteiger charge is -2.31. The predicted octanol–water partition coefficient (Wildman–Crippen LogP) is 4.47. The lowest BCUT2D eigenvalue weighted by Crippen LogP contribution is -2.44. The number of para-hydroxylation sites is 1. The number of nitrogens with one attached hydrogen (secondary N) is 1. The standard InChI is InChI=1S/C24H23F2N3O4S/c1-16-23(22(33-28-16)13-12-17-7-2-3-9-19(17)25)34(31,32)29-14-6-8-18(15-29)24(30)27-21-11-5-4-10-20(21)26/h2-5,7,9-13,18H,6,8,14-15H2,1H3,(H,27,30)/b13-12+/t18-/m1/s1. The highest BCUT2D eigenvalue weighted by Crippen LogP contribution is 2.30. The summed E-state index contributed by atoms with van der Waals surface area (Å²) in [6.07, 6.45) is 3.70. The van der Waals surface area contributed by atoms with Crippen molar-refractivity contribution in [1.82, 2.24) is 9.46 Å². The Morgan fingerprint density at radius 2 is 1.82 bits per heavy atom. The summed E-state index contributed by atoms with van der Waals surface area (Å²) in [5.41, 5.74) is 0.469. The maximum Gasteiger partial charge on any atom is 0.248 e. The van der Waals surface area contributed by atoms with Crippen molar-refractivity contribution in [2.75, 3.05) is 18.4 Å². The van der Waals surface area contributed by atoms with Crippen molar-refractivity contribution >= 4 is 33.8 Å². The zero-order valence-electron chi connectivity index (χ0n) is 18.4. The quantitative estimate of drug-likeness (QED) is 0.554. The highest BCUT2D eigenvalue weighted by Gasteiger charge is 2.37. The molecule has 1 aliphatic rings. The number of piperidine rings is 1. The van der Waals surface area contributed by atoms with Crippen LogP contribution >= 0.6 is 0 Å². The fraction of sp³-hybridized carbons (Fsp3) is 0.250. The summed E-state index contributed by atoms with van der Waals surface area (Å²) in [7, 11) is -4.06. The minimum absolute atomic E-state index is 0.0290. The molecule has 2 heterocycles. The van der Waals surface area contributed by atoms with E-state index in [0.29, 0.717) is 12.8 Å². The second kappa shape index (κ2) is 9.86. The van der Waals surface area contributed by atoms with E-state index in [4.69, 9.17) is 4.52 Å². The number of halogens is 2. The Morgan fingerprint density at radius 1 is 1.12 bits per heavy atom. The lowest BCUT2D eigenvalue weighted by molar-refractivity contribution is -0.120. The number of sulfonamides is 1. The number of benzene rings is 2. The van der Waals surface area contributed by atoms with Crippen LogP contribution in [0.2, 0.25) is 0 Å². The van der Waals surface area contributed by atoms with Crippen LogP contribution in [0, 0.1) is 24.5 Å². The molecule has 4 rings (SSSR count). The van der Waals surface area contributed by atoms with Gasteiger partial charge < -0.3 is 9.84 Å². The first-order chi connectivity index (χ1) is 16.3. The molecule has 10 heteroatoms. The van der Waals surface area contributed by atoms with Gasteiger partial charge in [0.1, 0.15) is 17.3 Å². The fourth-order valence-electron chi connectivity index (χ4n) is 3.88. The second-order valence-corrected chi connectivity index (χ2v) is 9.86. The highest BCUT2D eigenvalue weighted by atomic mass is 32.2. The maximum atomic E-state index is 13.9. The van der Waals surface area contributed by atoms with Crippen LogP contribution in [0.25, 0.3) is 12.2 Å². The molecule has 0 spiro atoms. The number of rotatable bonds is 6. The minimum Gasteiger partial charge on any atom is -0.355 e. The molecule has 1 atom stereocenters. The SMILES string of the molecule is Cc1noc(/C=C/c2ccccc2F)c1S(=O)(=O)N1CCC[C@@H](C(=O)Nc2ccccc2F)C1. The molecule has 7 nitrogen and oxygen atoms in total. The zero-order chi connectivity index (χ0) is 24.3. The van der Waals surface area contributed by atoms with Gasteiger partial charge in [-0.2, -0.15) is 4.31 Å². The number of nitrogens with zero attached hydrogens (tertiary/aromatic N) is 2. The van der Waals surface area contributed by atoms with Gasteiger partial charge in [-0.3, -0.25) is 4.79 Å². The molecule has 1 saturated heterocycles. The Kier molecular flexibility index (Phi) is 6.90. The average molecular weight is 488 g/mol. The summed E-state index contributed by atoms with van der Waals surface area (Å²) in [6.45, 7) is 1.65.